The number of methoxy groups -OCH3 is 1. The molecule has 0 saturated carbocycles. The molecule has 0 aliphatic carbocycles. The van der Waals surface area contributed by atoms with Crippen LogP contribution in [0.3, 0.4) is 0 Å². The van der Waals surface area contributed by atoms with Gasteiger partial charge in [0.15, 0.2) is 11.5 Å². The smallest absolute Gasteiger partial charge is 0.416 e. The van der Waals surface area contributed by atoms with Crippen molar-refractivity contribution in [2.45, 2.75) is 19.7 Å². The zero-order valence-corrected chi connectivity index (χ0v) is 13.8. The highest BCUT2D eigenvalue weighted by atomic mass is 19.4. The summed E-state index contributed by atoms with van der Waals surface area (Å²) in [6.07, 6.45) is -2.85. The van der Waals surface area contributed by atoms with E-state index < -0.39 is 11.7 Å². The number of halogens is 3. The number of rotatable bonds is 7. The monoisotopic (exact) mass is 353 g/mol. The number of oxime groups is 1. The summed E-state index contributed by atoms with van der Waals surface area (Å²) < 4.78 is 48.1. The van der Waals surface area contributed by atoms with Crippen molar-refractivity contribution in [3.05, 3.63) is 59.2 Å². The van der Waals surface area contributed by atoms with E-state index in [1.165, 1.54) is 18.3 Å². The summed E-state index contributed by atoms with van der Waals surface area (Å²) in [4.78, 5) is 5.12. The number of alkyl halides is 3. The van der Waals surface area contributed by atoms with Gasteiger partial charge in [0.25, 0.3) is 0 Å². The van der Waals surface area contributed by atoms with Crippen molar-refractivity contribution in [2.75, 3.05) is 13.7 Å². The minimum atomic E-state index is -4.34. The second-order valence-electron chi connectivity index (χ2n) is 5.05. The molecule has 0 N–H and O–H groups in total. The minimum absolute atomic E-state index is 0.0722. The molecule has 2 aromatic rings. The van der Waals surface area contributed by atoms with Gasteiger partial charge in [0.05, 0.1) is 25.5 Å². The Morgan fingerprint density at radius 3 is 2.36 bits per heavy atom. The standard InChI is InChI=1S/C18H18F3NO3/c1-3-24-16-9-6-14(10-17(16)23-2)11-22-25-12-13-4-7-15(8-5-13)18(19,20)21/h4-11H,3,12H2,1-2H3. The van der Waals surface area contributed by atoms with Crippen LogP contribution in [0.1, 0.15) is 23.6 Å². The molecule has 0 radical (unpaired) electrons. The molecule has 0 heterocycles. The minimum Gasteiger partial charge on any atom is -0.493 e. The van der Waals surface area contributed by atoms with Crippen LogP contribution < -0.4 is 9.47 Å². The molecule has 25 heavy (non-hydrogen) atoms. The fraction of sp³-hybridized carbons (Fsp3) is 0.278. The van der Waals surface area contributed by atoms with E-state index in [0.29, 0.717) is 23.7 Å². The van der Waals surface area contributed by atoms with E-state index in [1.807, 2.05) is 6.92 Å². The van der Waals surface area contributed by atoms with E-state index in [1.54, 1.807) is 25.3 Å². The maximum Gasteiger partial charge on any atom is 0.416 e. The van der Waals surface area contributed by atoms with E-state index in [-0.39, 0.29) is 6.61 Å². The Hall–Kier alpha value is -2.70. The first kappa shape index (κ1) is 18.6. The SMILES string of the molecule is CCOc1ccc(C=NOCc2ccc(C(F)(F)F)cc2)cc1OC. The van der Waals surface area contributed by atoms with Gasteiger partial charge in [0.2, 0.25) is 0 Å². The van der Waals surface area contributed by atoms with Crippen molar-refractivity contribution in [2.24, 2.45) is 5.16 Å². The molecule has 2 aromatic carbocycles. The van der Waals surface area contributed by atoms with Crippen LogP contribution in [-0.4, -0.2) is 19.9 Å². The number of ether oxygens (including phenoxy) is 2. The van der Waals surface area contributed by atoms with Crippen molar-refractivity contribution in [3.63, 3.8) is 0 Å². The molecule has 0 aliphatic rings. The topological polar surface area (TPSA) is 40.0 Å². The Labute approximate surface area is 143 Å². The van der Waals surface area contributed by atoms with Crippen LogP contribution in [0.4, 0.5) is 13.2 Å². The van der Waals surface area contributed by atoms with Crippen molar-refractivity contribution >= 4 is 6.21 Å². The summed E-state index contributed by atoms with van der Waals surface area (Å²) in [7, 11) is 1.54. The number of nitrogens with zero attached hydrogens (tertiary/aromatic N) is 1. The lowest BCUT2D eigenvalue weighted by Gasteiger charge is -2.09. The van der Waals surface area contributed by atoms with Crippen molar-refractivity contribution in [1.29, 1.82) is 0 Å². The van der Waals surface area contributed by atoms with Gasteiger partial charge < -0.3 is 14.3 Å². The molecule has 0 spiro atoms. The molecule has 4 nitrogen and oxygen atoms in total. The molecule has 0 aliphatic heterocycles. The molecular weight excluding hydrogens is 335 g/mol. The van der Waals surface area contributed by atoms with Crippen LogP contribution in [0, 0.1) is 0 Å². The van der Waals surface area contributed by atoms with E-state index >= 15 is 0 Å². The van der Waals surface area contributed by atoms with Gasteiger partial charge >= 0.3 is 6.18 Å². The molecule has 134 valence electrons. The van der Waals surface area contributed by atoms with Crippen LogP contribution >= 0.6 is 0 Å². The zero-order chi connectivity index (χ0) is 18.3. The average molecular weight is 353 g/mol. The summed E-state index contributed by atoms with van der Waals surface area (Å²) in [6, 6.07) is 10.0. The third kappa shape index (κ3) is 5.41. The van der Waals surface area contributed by atoms with Gasteiger partial charge in [-0.2, -0.15) is 13.2 Å². The number of hydrogen-bond donors (Lipinski definition) is 0. The molecule has 0 aromatic heterocycles. The first-order valence-corrected chi connectivity index (χ1v) is 7.56. The summed E-state index contributed by atoms with van der Waals surface area (Å²) in [6.45, 7) is 2.48. The summed E-state index contributed by atoms with van der Waals surface area (Å²) >= 11 is 0. The zero-order valence-electron chi connectivity index (χ0n) is 13.8. The van der Waals surface area contributed by atoms with Gasteiger partial charge in [-0.1, -0.05) is 17.3 Å². The maximum atomic E-state index is 12.5. The fourth-order valence-corrected chi connectivity index (χ4v) is 2.04. The number of hydrogen-bond acceptors (Lipinski definition) is 4. The highest BCUT2D eigenvalue weighted by Crippen LogP contribution is 2.29. The first-order valence-electron chi connectivity index (χ1n) is 7.56. The first-order chi connectivity index (χ1) is 11.9. The Morgan fingerprint density at radius 1 is 1.04 bits per heavy atom. The second-order valence-corrected chi connectivity index (χ2v) is 5.05. The van der Waals surface area contributed by atoms with Gasteiger partial charge in [0.1, 0.15) is 6.61 Å². The number of benzene rings is 2. The Bertz CT molecular complexity index is 712. The van der Waals surface area contributed by atoms with Gasteiger partial charge in [-0.15, -0.1) is 0 Å². The Kier molecular flexibility index (Phi) is 6.27. The van der Waals surface area contributed by atoms with Crippen LogP contribution in [0.2, 0.25) is 0 Å². The van der Waals surface area contributed by atoms with E-state index in [2.05, 4.69) is 5.16 Å². The predicted molar refractivity (Wildman–Crippen MR) is 88.0 cm³/mol. The van der Waals surface area contributed by atoms with Gasteiger partial charge in [-0.25, -0.2) is 0 Å². The second kappa shape index (κ2) is 8.41. The quantitative estimate of drug-likeness (QED) is 0.537. The van der Waals surface area contributed by atoms with Crippen LogP contribution in [0.5, 0.6) is 11.5 Å². The highest BCUT2D eigenvalue weighted by Gasteiger charge is 2.29. The molecule has 0 atom stereocenters. The molecule has 0 saturated heterocycles. The molecule has 0 fully saturated rings. The predicted octanol–water partition coefficient (Wildman–Crippen LogP) is 4.66. The normalized spacial score (nSPS) is 11.6. The van der Waals surface area contributed by atoms with E-state index in [0.717, 1.165) is 17.7 Å². The third-order valence-corrected chi connectivity index (χ3v) is 3.28. The molecular formula is C18H18F3NO3. The van der Waals surface area contributed by atoms with Gasteiger partial charge in [-0.3, -0.25) is 0 Å². The lowest BCUT2D eigenvalue weighted by molar-refractivity contribution is -0.137. The lowest BCUT2D eigenvalue weighted by Crippen LogP contribution is -2.04. The van der Waals surface area contributed by atoms with Crippen molar-refractivity contribution in [1.82, 2.24) is 0 Å². The molecule has 0 amide bonds. The van der Waals surface area contributed by atoms with E-state index in [4.69, 9.17) is 14.3 Å². The highest BCUT2D eigenvalue weighted by molar-refractivity contribution is 5.80. The molecule has 0 bridgehead atoms. The Morgan fingerprint density at radius 2 is 1.76 bits per heavy atom. The van der Waals surface area contributed by atoms with E-state index in [9.17, 15) is 13.2 Å². The fourth-order valence-electron chi connectivity index (χ4n) is 2.04. The van der Waals surface area contributed by atoms with Crippen LogP contribution in [0.25, 0.3) is 0 Å². The summed E-state index contributed by atoms with van der Waals surface area (Å²) in [5.41, 5.74) is 0.642. The summed E-state index contributed by atoms with van der Waals surface area (Å²) in [5.74, 6) is 1.21. The lowest BCUT2D eigenvalue weighted by atomic mass is 10.1. The molecule has 0 unspecified atom stereocenters. The van der Waals surface area contributed by atoms with Crippen molar-refractivity contribution < 1.29 is 27.5 Å². The Balaban J connectivity index is 1.93. The van der Waals surface area contributed by atoms with Gasteiger partial charge in [0, 0.05) is 5.56 Å². The maximum absolute atomic E-state index is 12.5. The summed E-state index contributed by atoms with van der Waals surface area (Å²) in [5, 5.41) is 3.82. The largest absolute Gasteiger partial charge is 0.493 e. The molecule has 2 rings (SSSR count). The van der Waals surface area contributed by atoms with Crippen LogP contribution in [-0.2, 0) is 17.6 Å². The van der Waals surface area contributed by atoms with Gasteiger partial charge in [-0.05, 0) is 42.8 Å². The molecule has 7 heteroatoms. The third-order valence-electron chi connectivity index (χ3n) is 3.28. The van der Waals surface area contributed by atoms with Crippen LogP contribution in [0.15, 0.2) is 47.6 Å². The van der Waals surface area contributed by atoms with Crippen molar-refractivity contribution in [3.8, 4) is 11.5 Å². The average Bonchev–Trinajstić information content (AvgIpc) is 2.59.